The third-order valence-corrected chi connectivity index (χ3v) is 5.69. The second-order valence-corrected chi connectivity index (χ2v) is 6.82. The Balaban J connectivity index is 1.91. The normalized spacial score (nSPS) is 33.5. The van der Waals surface area contributed by atoms with E-state index in [0.29, 0.717) is 12.2 Å². The highest BCUT2D eigenvalue weighted by Gasteiger charge is 2.59. The summed E-state index contributed by atoms with van der Waals surface area (Å²) in [7, 11) is 0. The molecule has 3 rings (SSSR count). The number of benzene rings is 1. The molecular weight excluding hydrogens is 248 g/mol. The molecule has 2 aliphatic carbocycles. The number of nitrogens with one attached hydrogen (secondary N) is 1. The molecule has 2 atom stereocenters. The third kappa shape index (κ3) is 1.80. The first kappa shape index (κ1) is 13.3. The van der Waals surface area contributed by atoms with Crippen LogP contribution < -0.4 is 5.43 Å². The maximum atomic E-state index is 12.3. The van der Waals surface area contributed by atoms with Crippen LogP contribution in [0.15, 0.2) is 35.4 Å². The molecule has 2 fully saturated rings. The molecule has 106 valence electrons. The van der Waals surface area contributed by atoms with Crippen LogP contribution in [0.5, 0.6) is 0 Å². The van der Waals surface area contributed by atoms with E-state index in [-0.39, 0.29) is 16.7 Å². The summed E-state index contributed by atoms with van der Waals surface area (Å²) in [5.41, 5.74) is 5.15. The van der Waals surface area contributed by atoms with E-state index in [1.165, 1.54) is 0 Å². The quantitative estimate of drug-likeness (QED) is 0.829. The highest BCUT2D eigenvalue weighted by atomic mass is 16.1. The lowest BCUT2D eigenvalue weighted by atomic mass is 9.58. The van der Waals surface area contributed by atoms with Crippen LogP contribution in [0.3, 0.4) is 0 Å². The van der Waals surface area contributed by atoms with Crippen molar-refractivity contribution >= 4 is 17.2 Å². The largest absolute Gasteiger partial charge is 0.299 e. The molecule has 3 nitrogen and oxygen atoms in total. The molecule has 1 aromatic carbocycles. The number of rotatable bonds is 2. The van der Waals surface area contributed by atoms with Crippen molar-refractivity contribution in [2.24, 2.45) is 21.8 Å². The number of ketones is 1. The fourth-order valence-corrected chi connectivity index (χ4v) is 3.87. The van der Waals surface area contributed by atoms with Gasteiger partial charge in [0.25, 0.3) is 0 Å². The highest BCUT2D eigenvalue weighted by molar-refractivity contribution is 6.10. The monoisotopic (exact) mass is 270 g/mol. The van der Waals surface area contributed by atoms with E-state index in [2.05, 4.69) is 31.3 Å². The van der Waals surface area contributed by atoms with Gasteiger partial charge < -0.3 is 0 Å². The predicted octanol–water partition coefficient (Wildman–Crippen LogP) is 3.87. The minimum atomic E-state index is 0.0134. The zero-order chi connectivity index (χ0) is 14.4. The molecule has 1 N–H and O–H groups in total. The second-order valence-electron chi connectivity index (χ2n) is 6.82. The number of hydrazone groups is 1. The molecule has 0 saturated heterocycles. The fourth-order valence-electron chi connectivity index (χ4n) is 3.87. The molecule has 0 aromatic heterocycles. The van der Waals surface area contributed by atoms with Gasteiger partial charge in [0.1, 0.15) is 5.78 Å². The van der Waals surface area contributed by atoms with E-state index in [1.807, 2.05) is 30.3 Å². The van der Waals surface area contributed by atoms with Gasteiger partial charge in [-0.25, -0.2) is 0 Å². The standard InChI is InChI=1S/C17H22N2O/c1-16(2)13-9-10-17(16,3)15(11-14(13)20)19-18-12-7-5-4-6-8-12/h4-8,13,18H,9-11H2,1-3H3/b19-15-/t13-,17-/m0/s1. The van der Waals surface area contributed by atoms with Gasteiger partial charge in [-0.2, -0.15) is 5.10 Å². The summed E-state index contributed by atoms with van der Waals surface area (Å²) >= 11 is 0. The lowest BCUT2D eigenvalue weighted by Gasteiger charge is -2.45. The number of carbonyl (C=O) groups is 1. The van der Waals surface area contributed by atoms with Gasteiger partial charge in [-0.3, -0.25) is 10.2 Å². The summed E-state index contributed by atoms with van der Waals surface area (Å²) in [4.78, 5) is 12.3. The number of Topliss-reactive ketones (excluding diaryl/α,β-unsaturated/α-hetero) is 1. The van der Waals surface area contributed by atoms with Crippen LogP contribution in [0.2, 0.25) is 0 Å². The van der Waals surface area contributed by atoms with E-state index in [0.717, 1.165) is 24.2 Å². The van der Waals surface area contributed by atoms with Crippen molar-refractivity contribution in [2.75, 3.05) is 5.43 Å². The third-order valence-electron chi connectivity index (χ3n) is 5.69. The molecule has 0 spiro atoms. The van der Waals surface area contributed by atoms with E-state index in [1.54, 1.807) is 0 Å². The van der Waals surface area contributed by atoms with E-state index >= 15 is 0 Å². The summed E-state index contributed by atoms with van der Waals surface area (Å²) < 4.78 is 0. The van der Waals surface area contributed by atoms with Crippen molar-refractivity contribution in [1.82, 2.24) is 0 Å². The summed E-state index contributed by atoms with van der Waals surface area (Å²) in [5, 5.41) is 4.60. The number of carbonyl (C=O) groups excluding carboxylic acids is 1. The van der Waals surface area contributed by atoms with Gasteiger partial charge in [0.15, 0.2) is 0 Å². The molecule has 0 amide bonds. The molecule has 2 saturated carbocycles. The van der Waals surface area contributed by atoms with Gasteiger partial charge in [-0.15, -0.1) is 0 Å². The van der Waals surface area contributed by atoms with Crippen molar-refractivity contribution in [3.63, 3.8) is 0 Å². The molecule has 0 heterocycles. The van der Waals surface area contributed by atoms with E-state index < -0.39 is 0 Å². The number of anilines is 1. The fraction of sp³-hybridized carbons (Fsp3) is 0.529. The van der Waals surface area contributed by atoms with Gasteiger partial charge in [-0.05, 0) is 30.4 Å². The van der Waals surface area contributed by atoms with E-state index in [9.17, 15) is 4.79 Å². The SMILES string of the molecule is CC1(C)[C@H]2CC[C@@]1(C)/C(=N\Nc1ccccc1)CC2=O. The molecule has 3 heteroatoms. The van der Waals surface area contributed by atoms with Gasteiger partial charge in [0.05, 0.1) is 11.4 Å². The van der Waals surface area contributed by atoms with Gasteiger partial charge in [-0.1, -0.05) is 39.0 Å². The first-order valence-electron chi connectivity index (χ1n) is 7.36. The number of hydrogen-bond donors (Lipinski definition) is 1. The number of hydrogen-bond acceptors (Lipinski definition) is 3. The zero-order valence-electron chi connectivity index (χ0n) is 12.4. The minimum absolute atomic E-state index is 0.0134. The Labute approximate surface area is 120 Å². The Hall–Kier alpha value is -1.64. The molecule has 2 aliphatic rings. The second kappa shape index (κ2) is 4.44. The minimum Gasteiger partial charge on any atom is -0.299 e. The van der Waals surface area contributed by atoms with Crippen LogP contribution in [0.1, 0.15) is 40.0 Å². The number of nitrogens with zero attached hydrogens (tertiary/aromatic N) is 1. The first-order chi connectivity index (χ1) is 9.45. The molecule has 20 heavy (non-hydrogen) atoms. The van der Waals surface area contributed by atoms with Crippen LogP contribution in [-0.2, 0) is 4.79 Å². The van der Waals surface area contributed by atoms with Gasteiger partial charge in [0, 0.05) is 17.8 Å². The smallest absolute Gasteiger partial charge is 0.142 e. The zero-order valence-corrected chi connectivity index (χ0v) is 12.4. The average Bonchev–Trinajstić information content (AvgIpc) is 2.58. The predicted molar refractivity (Wildman–Crippen MR) is 81.7 cm³/mol. The van der Waals surface area contributed by atoms with Crippen molar-refractivity contribution in [2.45, 2.75) is 40.0 Å². The first-order valence-corrected chi connectivity index (χ1v) is 7.36. The maximum Gasteiger partial charge on any atom is 0.142 e. The van der Waals surface area contributed by atoms with Crippen molar-refractivity contribution in [3.05, 3.63) is 30.3 Å². The van der Waals surface area contributed by atoms with Crippen LogP contribution in [0, 0.1) is 16.7 Å². The lowest BCUT2D eigenvalue weighted by molar-refractivity contribution is -0.126. The van der Waals surface area contributed by atoms with Crippen LogP contribution in [0.4, 0.5) is 5.69 Å². The van der Waals surface area contributed by atoms with Crippen molar-refractivity contribution in [1.29, 1.82) is 0 Å². The van der Waals surface area contributed by atoms with Gasteiger partial charge >= 0.3 is 0 Å². The Morgan fingerprint density at radius 3 is 2.60 bits per heavy atom. The Bertz CT molecular complexity index is 562. The molecule has 0 aliphatic heterocycles. The van der Waals surface area contributed by atoms with Crippen LogP contribution in [-0.4, -0.2) is 11.5 Å². The molecule has 0 radical (unpaired) electrons. The Kier molecular flexibility index (Phi) is 2.96. The lowest BCUT2D eigenvalue weighted by Crippen LogP contribution is -2.48. The van der Waals surface area contributed by atoms with Crippen LogP contribution in [0.25, 0.3) is 0 Å². The number of para-hydroxylation sites is 1. The highest BCUT2D eigenvalue weighted by Crippen LogP contribution is 2.60. The summed E-state index contributed by atoms with van der Waals surface area (Å²) in [5.74, 6) is 0.571. The van der Waals surface area contributed by atoms with Gasteiger partial charge in [0.2, 0.25) is 0 Å². The van der Waals surface area contributed by atoms with Crippen molar-refractivity contribution < 1.29 is 4.79 Å². The summed E-state index contributed by atoms with van der Waals surface area (Å²) in [6, 6.07) is 9.91. The Morgan fingerprint density at radius 2 is 1.90 bits per heavy atom. The van der Waals surface area contributed by atoms with E-state index in [4.69, 9.17) is 0 Å². The maximum absolute atomic E-state index is 12.3. The average molecular weight is 270 g/mol. The molecular formula is C17H22N2O. The molecule has 1 aromatic rings. The topological polar surface area (TPSA) is 41.5 Å². The summed E-state index contributed by atoms with van der Waals surface area (Å²) in [6.45, 7) is 6.71. The Morgan fingerprint density at radius 1 is 1.20 bits per heavy atom. The summed E-state index contributed by atoms with van der Waals surface area (Å²) in [6.07, 6.45) is 2.57. The number of fused-ring (bicyclic) bond motifs is 2. The molecule has 2 bridgehead atoms. The van der Waals surface area contributed by atoms with Crippen LogP contribution >= 0.6 is 0 Å². The molecule has 0 unspecified atom stereocenters. The van der Waals surface area contributed by atoms with Crippen molar-refractivity contribution in [3.8, 4) is 0 Å².